The van der Waals surface area contributed by atoms with Crippen LogP contribution in [0.5, 0.6) is 5.75 Å². The van der Waals surface area contributed by atoms with E-state index in [4.69, 9.17) is 0 Å². The van der Waals surface area contributed by atoms with Crippen molar-refractivity contribution in [3.63, 3.8) is 0 Å². The highest BCUT2D eigenvalue weighted by atomic mass is 16.3. The van der Waals surface area contributed by atoms with E-state index in [1.54, 1.807) is 21.9 Å². The Kier molecular flexibility index (Phi) is 6.55. The smallest absolute Gasteiger partial charge is 0.274 e. The van der Waals surface area contributed by atoms with Crippen LogP contribution in [0, 0.1) is 5.92 Å². The molecular formula is C28H33N7O5. The van der Waals surface area contributed by atoms with Gasteiger partial charge in [0.15, 0.2) is 17.1 Å². The maximum atomic E-state index is 13.2. The normalized spacial score (nSPS) is 17.7. The highest BCUT2D eigenvalue weighted by molar-refractivity contribution is 6.04. The minimum atomic E-state index is -0.663. The zero-order valence-electron chi connectivity index (χ0n) is 22.6. The number of hydrogen-bond acceptors (Lipinski definition) is 7. The molecular weight excluding hydrogens is 514 g/mol. The van der Waals surface area contributed by atoms with E-state index in [2.05, 4.69) is 25.6 Å². The Labute approximate surface area is 230 Å². The molecule has 3 aliphatic rings. The molecule has 2 fully saturated rings. The van der Waals surface area contributed by atoms with E-state index in [1.807, 2.05) is 13.8 Å². The number of rotatable bonds is 9. The monoisotopic (exact) mass is 547 g/mol. The van der Waals surface area contributed by atoms with Gasteiger partial charge in [0.1, 0.15) is 5.52 Å². The second-order valence-corrected chi connectivity index (χ2v) is 11.3. The van der Waals surface area contributed by atoms with Crippen LogP contribution in [0.3, 0.4) is 0 Å². The lowest BCUT2D eigenvalue weighted by Crippen LogP contribution is -2.46. The summed E-state index contributed by atoms with van der Waals surface area (Å²) in [6.07, 6.45) is 7.45. The highest BCUT2D eigenvalue weighted by Gasteiger charge is 2.35. The highest BCUT2D eigenvalue weighted by Crippen LogP contribution is 2.39. The Morgan fingerprint density at radius 3 is 2.65 bits per heavy atom. The maximum Gasteiger partial charge on any atom is 0.274 e. The quantitative estimate of drug-likeness (QED) is 0.317. The fourth-order valence-electron chi connectivity index (χ4n) is 5.44. The average Bonchev–Trinajstić information content (AvgIpc) is 3.86. The molecule has 1 aliphatic heterocycles. The SMILES string of the molecule is CC(C)N1CCn2c(CNC(=O)CC(NC(=O)c3c[nH]c4ncc(C5CC5)nc34)C3CC3)cc(=O)c(O)c2C1=O. The Bertz CT molecular complexity index is 1570. The lowest BCUT2D eigenvalue weighted by molar-refractivity contribution is -0.121. The van der Waals surface area contributed by atoms with Gasteiger partial charge in [-0.05, 0) is 45.4 Å². The summed E-state index contributed by atoms with van der Waals surface area (Å²) in [4.78, 5) is 65.3. The van der Waals surface area contributed by atoms with Crippen LogP contribution in [0.2, 0.25) is 0 Å². The number of carbonyl (C=O) groups is 3. The van der Waals surface area contributed by atoms with Gasteiger partial charge in [-0.3, -0.25) is 19.2 Å². The van der Waals surface area contributed by atoms with E-state index in [-0.39, 0.29) is 48.5 Å². The Hall–Kier alpha value is -4.22. The third kappa shape index (κ3) is 4.93. The Morgan fingerprint density at radius 2 is 1.95 bits per heavy atom. The van der Waals surface area contributed by atoms with Crippen molar-refractivity contribution in [3.8, 4) is 5.75 Å². The first kappa shape index (κ1) is 26.0. The molecule has 12 nitrogen and oxygen atoms in total. The summed E-state index contributed by atoms with van der Waals surface area (Å²) in [7, 11) is 0. The third-order valence-corrected chi connectivity index (χ3v) is 8.04. The lowest BCUT2D eigenvalue weighted by Gasteiger charge is -2.34. The number of amides is 3. The van der Waals surface area contributed by atoms with Crippen LogP contribution in [0.4, 0.5) is 0 Å². The minimum Gasteiger partial charge on any atom is -0.503 e. The molecule has 3 aromatic heterocycles. The predicted molar refractivity (Wildman–Crippen MR) is 145 cm³/mol. The zero-order chi connectivity index (χ0) is 28.1. The van der Waals surface area contributed by atoms with Crippen molar-refractivity contribution in [2.24, 2.45) is 5.92 Å². The van der Waals surface area contributed by atoms with Crippen molar-refractivity contribution in [2.45, 2.75) is 77.0 Å². The van der Waals surface area contributed by atoms with Gasteiger partial charge in [-0.15, -0.1) is 0 Å². The fourth-order valence-corrected chi connectivity index (χ4v) is 5.44. The van der Waals surface area contributed by atoms with Crippen molar-refractivity contribution in [1.29, 1.82) is 0 Å². The zero-order valence-corrected chi connectivity index (χ0v) is 22.6. The molecule has 4 heterocycles. The van der Waals surface area contributed by atoms with Crippen LogP contribution < -0.4 is 16.1 Å². The molecule has 6 rings (SSSR count). The fraction of sp³-hybridized carbons (Fsp3) is 0.500. The maximum absolute atomic E-state index is 13.2. The first-order valence-corrected chi connectivity index (χ1v) is 13.9. The summed E-state index contributed by atoms with van der Waals surface area (Å²) in [5.41, 5.74) is 2.13. The summed E-state index contributed by atoms with van der Waals surface area (Å²) in [5.74, 6) is -0.956. The van der Waals surface area contributed by atoms with Crippen molar-refractivity contribution >= 4 is 28.9 Å². The molecule has 2 aliphatic carbocycles. The molecule has 12 heteroatoms. The van der Waals surface area contributed by atoms with Crippen LogP contribution in [-0.4, -0.2) is 65.9 Å². The number of pyridine rings is 1. The van der Waals surface area contributed by atoms with Gasteiger partial charge in [0.25, 0.3) is 11.8 Å². The number of H-pyrrole nitrogens is 1. The number of fused-ring (bicyclic) bond motifs is 2. The molecule has 40 heavy (non-hydrogen) atoms. The van der Waals surface area contributed by atoms with E-state index in [9.17, 15) is 24.3 Å². The molecule has 2 saturated carbocycles. The number of hydrogen-bond donors (Lipinski definition) is 4. The second kappa shape index (κ2) is 10.1. The molecule has 1 unspecified atom stereocenters. The van der Waals surface area contributed by atoms with Crippen LogP contribution in [0.15, 0.2) is 23.3 Å². The number of nitrogens with zero attached hydrogens (tertiary/aromatic N) is 4. The Balaban J connectivity index is 1.14. The summed E-state index contributed by atoms with van der Waals surface area (Å²) < 4.78 is 1.60. The summed E-state index contributed by atoms with van der Waals surface area (Å²) in [6, 6.07) is 0.825. The van der Waals surface area contributed by atoms with Crippen molar-refractivity contribution in [1.82, 2.24) is 35.1 Å². The molecule has 0 bridgehead atoms. The topological polar surface area (TPSA) is 162 Å². The van der Waals surface area contributed by atoms with Gasteiger partial charge in [-0.2, -0.15) is 0 Å². The van der Waals surface area contributed by atoms with Crippen LogP contribution in [0.1, 0.15) is 84.1 Å². The molecule has 0 saturated heterocycles. The molecule has 3 aromatic rings. The van der Waals surface area contributed by atoms with Crippen LogP contribution in [-0.2, 0) is 17.9 Å². The van der Waals surface area contributed by atoms with Gasteiger partial charge in [-0.25, -0.2) is 9.97 Å². The van der Waals surface area contributed by atoms with Crippen molar-refractivity contribution < 1.29 is 19.5 Å². The van der Waals surface area contributed by atoms with E-state index >= 15 is 0 Å². The molecule has 3 amide bonds. The van der Waals surface area contributed by atoms with Gasteiger partial charge in [0.2, 0.25) is 11.3 Å². The number of aromatic amines is 1. The van der Waals surface area contributed by atoms with E-state index < -0.39 is 17.1 Å². The van der Waals surface area contributed by atoms with Gasteiger partial charge in [0, 0.05) is 55.5 Å². The second-order valence-electron chi connectivity index (χ2n) is 11.3. The molecule has 4 N–H and O–H groups in total. The van der Waals surface area contributed by atoms with Crippen LogP contribution in [0.25, 0.3) is 11.2 Å². The lowest BCUT2D eigenvalue weighted by atomic mass is 10.1. The molecule has 0 spiro atoms. The first-order chi connectivity index (χ1) is 19.2. The average molecular weight is 548 g/mol. The minimum absolute atomic E-state index is 0.0175. The summed E-state index contributed by atoms with van der Waals surface area (Å²) in [5, 5.41) is 16.2. The number of aromatic nitrogens is 4. The van der Waals surface area contributed by atoms with Gasteiger partial charge in [0.05, 0.1) is 24.0 Å². The standard InChI is InChI=1S/C28H33N7O5/c1-14(2)34-7-8-35-17(9-21(36)25(38)24(35)28(34)40)11-29-22(37)10-19(15-3-4-15)33-27(39)18-12-30-26-23(18)32-20(13-31-26)16-5-6-16/h9,12-16,19,38H,3-8,10-11H2,1-2H3,(H,29,37)(H,30,31)(H,33,39). The number of carbonyl (C=O) groups excluding carboxylic acids is 3. The van der Waals surface area contributed by atoms with Crippen molar-refractivity contribution in [3.05, 3.63) is 51.3 Å². The largest absolute Gasteiger partial charge is 0.503 e. The first-order valence-electron chi connectivity index (χ1n) is 13.9. The Morgan fingerprint density at radius 1 is 1.18 bits per heavy atom. The third-order valence-electron chi connectivity index (χ3n) is 8.04. The van der Waals surface area contributed by atoms with Crippen molar-refractivity contribution in [2.75, 3.05) is 6.54 Å². The summed E-state index contributed by atoms with van der Waals surface area (Å²) in [6.45, 7) is 4.60. The molecule has 210 valence electrons. The summed E-state index contributed by atoms with van der Waals surface area (Å²) >= 11 is 0. The van der Waals surface area contributed by atoms with E-state index in [0.29, 0.717) is 41.4 Å². The van der Waals surface area contributed by atoms with Gasteiger partial charge in [-0.1, -0.05) is 0 Å². The molecule has 1 atom stereocenters. The number of aromatic hydroxyl groups is 1. The number of nitrogens with one attached hydrogen (secondary N) is 3. The van der Waals surface area contributed by atoms with E-state index in [0.717, 1.165) is 31.4 Å². The predicted octanol–water partition coefficient (Wildman–Crippen LogP) is 1.78. The molecule has 0 radical (unpaired) electrons. The van der Waals surface area contributed by atoms with Gasteiger partial charge >= 0.3 is 0 Å². The van der Waals surface area contributed by atoms with Gasteiger partial charge < -0.3 is 30.2 Å². The van der Waals surface area contributed by atoms with Crippen LogP contribution >= 0.6 is 0 Å². The molecule has 0 aromatic carbocycles. The van der Waals surface area contributed by atoms with E-state index in [1.165, 1.54) is 6.07 Å².